The maximum absolute atomic E-state index is 12.5. The Labute approximate surface area is 140 Å². The molecule has 0 spiro atoms. The van der Waals surface area contributed by atoms with E-state index < -0.39 is 0 Å². The van der Waals surface area contributed by atoms with Gasteiger partial charge in [-0.15, -0.1) is 0 Å². The summed E-state index contributed by atoms with van der Waals surface area (Å²) in [5.41, 5.74) is 7.98. The molecule has 24 heavy (non-hydrogen) atoms. The van der Waals surface area contributed by atoms with Gasteiger partial charge in [-0.3, -0.25) is 4.79 Å². The number of rotatable bonds is 5. The Bertz CT molecular complexity index is 742. The fourth-order valence-corrected chi connectivity index (χ4v) is 2.78. The number of hydrogen-bond acceptors (Lipinski definition) is 7. The first-order valence-corrected chi connectivity index (χ1v) is 8.20. The van der Waals surface area contributed by atoms with Gasteiger partial charge in [0.15, 0.2) is 5.69 Å². The van der Waals surface area contributed by atoms with Crippen LogP contribution in [-0.4, -0.2) is 39.0 Å². The van der Waals surface area contributed by atoms with Crippen molar-refractivity contribution < 1.29 is 9.32 Å². The van der Waals surface area contributed by atoms with Crippen LogP contribution in [0.25, 0.3) is 0 Å². The number of amides is 1. The summed E-state index contributed by atoms with van der Waals surface area (Å²) in [7, 11) is 0. The number of carbonyl (C=O) groups is 1. The Morgan fingerprint density at radius 3 is 3.00 bits per heavy atom. The van der Waals surface area contributed by atoms with E-state index in [1.807, 2.05) is 0 Å². The molecule has 3 N–H and O–H groups in total. The zero-order valence-electron chi connectivity index (χ0n) is 14.0. The van der Waals surface area contributed by atoms with Gasteiger partial charge in [0.2, 0.25) is 5.95 Å². The van der Waals surface area contributed by atoms with E-state index in [1.165, 1.54) is 0 Å². The molecule has 1 aliphatic heterocycles. The summed E-state index contributed by atoms with van der Waals surface area (Å²) in [6.45, 7) is 5.74. The maximum atomic E-state index is 12.5. The van der Waals surface area contributed by atoms with Gasteiger partial charge in [-0.25, -0.2) is 4.98 Å². The Hall–Kier alpha value is -2.64. The summed E-state index contributed by atoms with van der Waals surface area (Å²) < 4.78 is 4.99. The highest BCUT2D eigenvalue weighted by molar-refractivity contribution is 5.92. The average molecular weight is 330 g/mol. The zero-order chi connectivity index (χ0) is 17.1. The van der Waals surface area contributed by atoms with Crippen LogP contribution in [0, 0.1) is 6.92 Å². The maximum Gasteiger partial charge on any atom is 0.276 e. The second-order valence-corrected chi connectivity index (χ2v) is 5.94. The largest absolute Gasteiger partial charge is 0.370 e. The summed E-state index contributed by atoms with van der Waals surface area (Å²) in [4.78, 5) is 22.9. The van der Waals surface area contributed by atoms with Crippen LogP contribution in [0.3, 0.4) is 0 Å². The number of nitrogens with zero attached hydrogens (tertiary/aromatic N) is 4. The predicted octanol–water partition coefficient (Wildman–Crippen LogP) is 1.77. The van der Waals surface area contributed by atoms with Gasteiger partial charge in [0.05, 0.1) is 12.2 Å². The smallest absolute Gasteiger partial charge is 0.276 e. The first kappa shape index (κ1) is 16.2. The van der Waals surface area contributed by atoms with E-state index in [-0.39, 0.29) is 11.9 Å². The number of anilines is 2. The fourth-order valence-electron chi connectivity index (χ4n) is 2.78. The lowest BCUT2D eigenvalue weighted by Gasteiger charge is -2.28. The first-order valence-electron chi connectivity index (χ1n) is 8.20. The van der Waals surface area contributed by atoms with Crippen molar-refractivity contribution in [3.8, 4) is 0 Å². The number of aromatic nitrogens is 3. The minimum absolute atomic E-state index is 0.157. The number of hydrogen-bond donors (Lipinski definition) is 2. The molecule has 0 aromatic carbocycles. The van der Waals surface area contributed by atoms with E-state index >= 15 is 0 Å². The second kappa shape index (κ2) is 6.86. The lowest BCUT2D eigenvalue weighted by molar-refractivity contribution is 0.0721. The molecule has 0 fully saturated rings. The third-order valence-electron chi connectivity index (χ3n) is 4.04. The monoisotopic (exact) mass is 330 g/mol. The lowest BCUT2D eigenvalue weighted by Crippen LogP contribution is -2.37. The minimum atomic E-state index is -0.157. The SMILES string of the molecule is CCCCNc1nc(N)nc2c1CCN(C(=O)c1cc(C)on1)C2. The fraction of sp³-hybridized carbons (Fsp3) is 0.500. The highest BCUT2D eigenvalue weighted by Crippen LogP contribution is 2.25. The molecular formula is C16H22N6O2. The van der Waals surface area contributed by atoms with Crippen molar-refractivity contribution in [1.82, 2.24) is 20.0 Å². The topological polar surface area (TPSA) is 110 Å². The van der Waals surface area contributed by atoms with Crippen molar-refractivity contribution in [3.05, 3.63) is 28.8 Å². The Morgan fingerprint density at radius 2 is 2.29 bits per heavy atom. The molecule has 3 rings (SSSR count). The summed E-state index contributed by atoms with van der Waals surface area (Å²) in [6, 6.07) is 1.64. The van der Waals surface area contributed by atoms with Crippen molar-refractivity contribution in [3.63, 3.8) is 0 Å². The molecule has 8 nitrogen and oxygen atoms in total. The number of nitrogen functional groups attached to an aromatic ring is 1. The molecule has 1 aliphatic rings. The summed E-state index contributed by atoms with van der Waals surface area (Å²) in [5.74, 6) is 1.47. The van der Waals surface area contributed by atoms with Crippen LogP contribution in [0.1, 0.15) is 47.3 Å². The van der Waals surface area contributed by atoms with Crippen molar-refractivity contribution in [2.75, 3.05) is 24.1 Å². The van der Waals surface area contributed by atoms with E-state index in [4.69, 9.17) is 10.3 Å². The molecule has 0 atom stereocenters. The summed E-state index contributed by atoms with van der Waals surface area (Å²) in [6.07, 6.45) is 2.86. The van der Waals surface area contributed by atoms with E-state index in [1.54, 1.807) is 17.9 Å². The van der Waals surface area contributed by atoms with Crippen LogP contribution in [-0.2, 0) is 13.0 Å². The van der Waals surface area contributed by atoms with Crippen LogP contribution >= 0.6 is 0 Å². The molecule has 0 radical (unpaired) electrons. The van der Waals surface area contributed by atoms with Gasteiger partial charge in [-0.05, 0) is 19.8 Å². The number of aryl methyl sites for hydroxylation is 1. The van der Waals surface area contributed by atoms with Crippen LogP contribution in [0.15, 0.2) is 10.6 Å². The van der Waals surface area contributed by atoms with Crippen molar-refractivity contribution >= 4 is 17.7 Å². The normalized spacial score (nSPS) is 13.7. The molecule has 0 saturated carbocycles. The van der Waals surface area contributed by atoms with E-state index in [2.05, 4.69) is 27.4 Å². The molecule has 0 bridgehead atoms. The number of nitrogens with one attached hydrogen (secondary N) is 1. The van der Waals surface area contributed by atoms with Crippen LogP contribution in [0.5, 0.6) is 0 Å². The third-order valence-corrected chi connectivity index (χ3v) is 4.04. The minimum Gasteiger partial charge on any atom is -0.370 e. The van der Waals surface area contributed by atoms with Crippen LogP contribution in [0.4, 0.5) is 11.8 Å². The highest BCUT2D eigenvalue weighted by atomic mass is 16.5. The Morgan fingerprint density at radius 1 is 1.46 bits per heavy atom. The number of fused-ring (bicyclic) bond motifs is 1. The predicted molar refractivity (Wildman–Crippen MR) is 89.5 cm³/mol. The van der Waals surface area contributed by atoms with Gasteiger partial charge < -0.3 is 20.5 Å². The molecule has 0 unspecified atom stereocenters. The quantitative estimate of drug-likeness (QED) is 0.804. The van der Waals surface area contributed by atoms with Crippen LogP contribution < -0.4 is 11.1 Å². The van der Waals surface area contributed by atoms with Gasteiger partial charge in [-0.2, -0.15) is 4.98 Å². The Kier molecular flexibility index (Phi) is 4.64. The lowest BCUT2D eigenvalue weighted by atomic mass is 10.0. The summed E-state index contributed by atoms with van der Waals surface area (Å²) in [5, 5.41) is 7.13. The summed E-state index contributed by atoms with van der Waals surface area (Å²) >= 11 is 0. The molecular weight excluding hydrogens is 308 g/mol. The van der Waals surface area contributed by atoms with E-state index in [9.17, 15) is 4.79 Å². The molecule has 128 valence electrons. The van der Waals surface area contributed by atoms with Crippen LogP contribution in [0.2, 0.25) is 0 Å². The second-order valence-electron chi connectivity index (χ2n) is 5.94. The molecule has 2 aromatic rings. The zero-order valence-corrected chi connectivity index (χ0v) is 14.0. The van der Waals surface area contributed by atoms with Gasteiger partial charge in [0, 0.05) is 24.7 Å². The molecule has 2 aromatic heterocycles. The number of nitrogens with two attached hydrogens (primary N) is 1. The molecule has 3 heterocycles. The van der Waals surface area contributed by atoms with Gasteiger partial charge in [-0.1, -0.05) is 18.5 Å². The van der Waals surface area contributed by atoms with E-state index in [0.29, 0.717) is 31.0 Å². The molecule has 8 heteroatoms. The van der Waals surface area contributed by atoms with Crippen molar-refractivity contribution in [2.45, 2.75) is 39.7 Å². The first-order chi connectivity index (χ1) is 11.6. The number of unbranched alkanes of at least 4 members (excludes halogenated alkanes) is 1. The highest BCUT2D eigenvalue weighted by Gasteiger charge is 2.27. The molecule has 0 aliphatic carbocycles. The van der Waals surface area contributed by atoms with Gasteiger partial charge in [0.1, 0.15) is 11.6 Å². The van der Waals surface area contributed by atoms with Crippen molar-refractivity contribution in [1.29, 1.82) is 0 Å². The third kappa shape index (κ3) is 3.32. The molecule has 0 saturated heterocycles. The average Bonchev–Trinajstić information content (AvgIpc) is 3.00. The Balaban J connectivity index is 1.79. The van der Waals surface area contributed by atoms with Gasteiger partial charge >= 0.3 is 0 Å². The van der Waals surface area contributed by atoms with Crippen molar-refractivity contribution in [2.24, 2.45) is 0 Å². The van der Waals surface area contributed by atoms with E-state index in [0.717, 1.165) is 36.5 Å². The standard InChI is InChI=1S/C16H22N6O2/c1-3-4-6-18-14-11-5-7-22(9-13(11)19-16(17)20-14)15(23)12-8-10(2)24-21-12/h8H,3-7,9H2,1-2H3,(H3,17,18,19,20). The van der Waals surface area contributed by atoms with Gasteiger partial charge in [0.25, 0.3) is 5.91 Å². The number of carbonyl (C=O) groups excluding carboxylic acids is 1. The molecule has 1 amide bonds.